The molecule has 0 unspecified atom stereocenters. The van der Waals surface area contributed by atoms with Gasteiger partial charge < -0.3 is 4.90 Å². The molecule has 0 radical (unpaired) electrons. The molecule has 0 N–H and O–H groups in total. The van der Waals surface area contributed by atoms with Crippen LogP contribution in [0, 0.1) is 6.92 Å². The lowest BCUT2D eigenvalue weighted by Crippen LogP contribution is -2.45. The van der Waals surface area contributed by atoms with Gasteiger partial charge in [-0.3, -0.25) is 4.90 Å². The van der Waals surface area contributed by atoms with Crippen molar-refractivity contribution in [2.75, 3.05) is 32.7 Å². The minimum absolute atomic E-state index is 1.09. The van der Waals surface area contributed by atoms with Crippen LogP contribution in [0.1, 0.15) is 18.1 Å². The first-order valence-electron chi connectivity index (χ1n) is 6.39. The Bertz CT molecular complexity index is 370. The summed E-state index contributed by atoms with van der Waals surface area (Å²) in [4.78, 5) is 5.08. The van der Waals surface area contributed by atoms with Gasteiger partial charge in [-0.15, -0.1) is 0 Å². The van der Waals surface area contributed by atoms with E-state index in [-0.39, 0.29) is 0 Å². The number of hydrogen-bond acceptors (Lipinski definition) is 2. The SMILES string of the molecule is CCN1CCN(Cc2ccc(Br)cc2C)CC1. The van der Waals surface area contributed by atoms with Crippen LogP contribution in [0.5, 0.6) is 0 Å². The topological polar surface area (TPSA) is 6.48 Å². The van der Waals surface area contributed by atoms with E-state index in [0.717, 1.165) is 6.54 Å². The molecular weight excluding hydrogens is 276 g/mol. The van der Waals surface area contributed by atoms with Crippen molar-refractivity contribution in [3.05, 3.63) is 33.8 Å². The Hall–Kier alpha value is -0.380. The molecule has 0 atom stereocenters. The summed E-state index contributed by atoms with van der Waals surface area (Å²) in [6, 6.07) is 6.59. The van der Waals surface area contributed by atoms with Gasteiger partial charge in [-0.05, 0) is 36.7 Å². The summed E-state index contributed by atoms with van der Waals surface area (Å²) in [5, 5.41) is 0. The molecule has 1 fully saturated rings. The predicted molar refractivity (Wildman–Crippen MR) is 76.3 cm³/mol. The third-order valence-corrected chi connectivity index (χ3v) is 4.10. The van der Waals surface area contributed by atoms with Crippen molar-refractivity contribution in [1.29, 1.82) is 0 Å². The van der Waals surface area contributed by atoms with Crippen LogP contribution in [-0.4, -0.2) is 42.5 Å². The van der Waals surface area contributed by atoms with E-state index < -0.39 is 0 Å². The largest absolute Gasteiger partial charge is 0.301 e. The zero-order chi connectivity index (χ0) is 12.3. The zero-order valence-corrected chi connectivity index (χ0v) is 12.3. The lowest BCUT2D eigenvalue weighted by Gasteiger charge is -2.34. The number of halogens is 1. The summed E-state index contributed by atoms with van der Waals surface area (Å²) in [6.45, 7) is 11.5. The van der Waals surface area contributed by atoms with Crippen LogP contribution in [0.25, 0.3) is 0 Å². The normalized spacial score (nSPS) is 18.5. The van der Waals surface area contributed by atoms with Crippen molar-refractivity contribution in [2.45, 2.75) is 20.4 Å². The lowest BCUT2D eigenvalue weighted by atomic mass is 10.1. The highest BCUT2D eigenvalue weighted by atomic mass is 79.9. The number of benzene rings is 1. The third-order valence-electron chi connectivity index (χ3n) is 3.61. The van der Waals surface area contributed by atoms with Crippen molar-refractivity contribution in [3.63, 3.8) is 0 Å². The highest BCUT2D eigenvalue weighted by Gasteiger charge is 2.15. The Balaban J connectivity index is 1.93. The monoisotopic (exact) mass is 296 g/mol. The molecule has 1 heterocycles. The van der Waals surface area contributed by atoms with E-state index >= 15 is 0 Å². The second-order valence-electron chi connectivity index (χ2n) is 4.78. The van der Waals surface area contributed by atoms with Gasteiger partial charge in [0.25, 0.3) is 0 Å². The molecule has 1 saturated heterocycles. The van der Waals surface area contributed by atoms with Crippen LogP contribution in [0.3, 0.4) is 0 Å². The molecule has 94 valence electrons. The van der Waals surface area contributed by atoms with Crippen LogP contribution in [0.4, 0.5) is 0 Å². The van der Waals surface area contributed by atoms with Gasteiger partial charge in [0.2, 0.25) is 0 Å². The molecule has 0 spiro atoms. The molecule has 17 heavy (non-hydrogen) atoms. The fraction of sp³-hybridized carbons (Fsp3) is 0.571. The first-order valence-corrected chi connectivity index (χ1v) is 7.18. The van der Waals surface area contributed by atoms with E-state index in [1.54, 1.807) is 0 Å². The van der Waals surface area contributed by atoms with Gasteiger partial charge in [0.05, 0.1) is 0 Å². The van der Waals surface area contributed by atoms with Gasteiger partial charge in [-0.25, -0.2) is 0 Å². The third kappa shape index (κ3) is 3.54. The summed E-state index contributed by atoms with van der Waals surface area (Å²) in [7, 11) is 0. The van der Waals surface area contributed by atoms with Crippen LogP contribution in [0.15, 0.2) is 22.7 Å². The fourth-order valence-electron chi connectivity index (χ4n) is 2.34. The molecular formula is C14H21BrN2. The van der Waals surface area contributed by atoms with E-state index in [2.05, 4.69) is 57.8 Å². The standard InChI is InChI=1S/C14H21BrN2/c1-3-16-6-8-17(9-7-16)11-13-4-5-14(15)10-12(13)2/h4-5,10H,3,6-9,11H2,1-2H3. The number of likely N-dealkylation sites (N-methyl/N-ethyl adjacent to an activating group) is 1. The molecule has 0 amide bonds. The van der Waals surface area contributed by atoms with Gasteiger partial charge in [0, 0.05) is 37.2 Å². The molecule has 0 aliphatic carbocycles. The number of nitrogens with zero attached hydrogens (tertiary/aromatic N) is 2. The number of rotatable bonds is 3. The minimum Gasteiger partial charge on any atom is -0.301 e. The number of aryl methyl sites for hydroxylation is 1. The minimum atomic E-state index is 1.09. The smallest absolute Gasteiger partial charge is 0.0237 e. The zero-order valence-electron chi connectivity index (χ0n) is 10.7. The van der Waals surface area contributed by atoms with Crippen molar-refractivity contribution in [1.82, 2.24) is 9.80 Å². The van der Waals surface area contributed by atoms with Crippen LogP contribution < -0.4 is 0 Å². The lowest BCUT2D eigenvalue weighted by molar-refractivity contribution is 0.132. The van der Waals surface area contributed by atoms with E-state index in [0.29, 0.717) is 0 Å². The Labute approximate surface area is 113 Å². The number of hydrogen-bond donors (Lipinski definition) is 0. The van der Waals surface area contributed by atoms with E-state index in [1.807, 2.05) is 0 Å². The van der Waals surface area contributed by atoms with Crippen LogP contribution in [0.2, 0.25) is 0 Å². The first kappa shape index (κ1) is 13.1. The van der Waals surface area contributed by atoms with Gasteiger partial charge in [-0.2, -0.15) is 0 Å². The van der Waals surface area contributed by atoms with E-state index in [1.165, 1.54) is 48.3 Å². The Morgan fingerprint density at radius 1 is 1.12 bits per heavy atom. The second-order valence-corrected chi connectivity index (χ2v) is 5.70. The Morgan fingerprint density at radius 3 is 2.35 bits per heavy atom. The van der Waals surface area contributed by atoms with Crippen molar-refractivity contribution in [2.24, 2.45) is 0 Å². The van der Waals surface area contributed by atoms with Gasteiger partial charge in [0.1, 0.15) is 0 Å². The molecule has 3 heteroatoms. The van der Waals surface area contributed by atoms with Crippen LogP contribution >= 0.6 is 15.9 Å². The maximum absolute atomic E-state index is 3.52. The van der Waals surface area contributed by atoms with Gasteiger partial charge in [-0.1, -0.05) is 28.9 Å². The molecule has 0 bridgehead atoms. The first-order chi connectivity index (χ1) is 8.19. The summed E-state index contributed by atoms with van der Waals surface area (Å²) in [5.74, 6) is 0. The highest BCUT2D eigenvalue weighted by molar-refractivity contribution is 9.10. The Kier molecular flexibility index (Phi) is 4.60. The highest BCUT2D eigenvalue weighted by Crippen LogP contribution is 2.18. The Morgan fingerprint density at radius 2 is 1.76 bits per heavy atom. The molecule has 1 aromatic rings. The van der Waals surface area contributed by atoms with E-state index in [4.69, 9.17) is 0 Å². The average molecular weight is 297 g/mol. The average Bonchev–Trinajstić information content (AvgIpc) is 2.34. The molecule has 2 nitrogen and oxygen atoms in total. The summed E-state index contributed by atoms with van der Waals surface area (Å²) in [5.41, 5.74) is 2.84. The molecule has 1 aliphatic heterocycles. The van der Waals surface area contributed by atoms with E-state index in [9.17, 15) is 0 Å². The van der Waals surface area contributed by atoms with Crippen LogP contribution in [-0.2, 0) is 6.54 Å². The van der Waals surface area contributed by atoms with Gasteiger partial charge >= 0.3 is 0 Å². The molecule has 1 aromatic carbocycles. The number of piperazine rings is 1. The molecule has 1 aliphatic rings. The summed E-state index contributed by atoms with van der Waals surface area (Å²) >= 11 is 3.52. The summed E-state index contributed by atoms with van der Waals surface area (Å²) < 4.78 is 1.18. The maximum atomic E-state index is 3.52. The maximum Gasteiger partial charge on any atom is 0.0237 e. The second kappa shape index (κ2) is 5.98. The molecule has 0 aromatic heterocycles. The van der Waals surface area contributed by atoms with Crippen molar-refractivity contribution < 1.29 is 0 Å². The predicted octanol–water partition coefficient (Wildman–Crippen LogP) is 2.90. The van der Waals surface area contributed by atoms with Gasteiger partial charge in [0.15, 0.2) is 0 Å². The molecule has 0 saturated carbocycles. The van der Waals surface area contributed by atoms with Crippen molar-refractivity contribution >= 4 is 15.9 Å². The fourth-order valence-corrected chi connectivity index (χ4v) is 2.82. The quantitative estimate of drug-likeness (QED) is 0.846. The molecule has 2 rings (SSSR count). The summed E-state index contributed by atoms with van der Waals surface area (Å²) in [6.07, 6.45) is 0. The van der Waals surface area contributed by atoms with Crippen molar-refractivity contribution in [3.8, 4) is 0 Å².